The summed E-state index contributed by atoms with van der Waals surface area (Å²) in [5, 5.41) is 0. The SMILES string of the molecule is CN1C=CN(c2cccc(N3C=CN(C)[CH-]3)n2)[CH-]1.[Rh+3]. The Labute approximate surface area is 126 Å². The summed E-state index contributed by atoms with van der Waals surface area (Å²) < 4.78 is 0. The Bertz CT molecular complexity index is 460. The maximum Gasteiger partial charge on any atom is 3.00 e. The summed E-state index contributed by atoms with van der Waals surface area (Å²) in [4.78, 5) is 12.6. The van der Waals surface area contributed by atoms with E-state index in [0.29, 0.717) is 0 Å². The van der Waals surface area contributed by atoms with E-state index in [2.05, 4.69) is 4.98 Å². The van der Waals surface area contributed by atoms with Gasteiger partial charge in [0.05, 0.1) is 0 Å². The fourth-order valence-corrected chi connectivity index (χ4v) is 1.87. The largest absolute Gasteiger partial charge is 3.00 e. The third-order valence-electron chi connectivity index (χ3n) is 2.79. The molecule has 0 atom stereocenters. The second-order valence-electron chi connectivity index (χ2n) is 4.33. The Morgan fingerprint density at radius 2 is 1.32 bits per heavy atom. The first-order valence-electron chi connectivity index (χ1n) is 5.77. The number of aromatic nitrogens is 1. The molecule has 6 heteroatoms. The molecule has 1 aromatic heterocycles. The van der Waals surface area contributed by atoms with Crippen LogP contribution < -0.4 is 9.80 Å². The third-order valence-corrected chi connectivity index (χ3v) is 2.79. The predicted molar refractivity (Wildman–Crippen MR) is 71.6 cm³/mol. The second kappa shape index (κ2) is 5.61. The van der Waals surface area contributed by atoms with E-state index in [-0.39, 0.29) is 19.5 Å². The Kier molecular flexibility index (Phi) is 4.10. The molecular formula is C13H15N5Rh+. The number of hydrogen-bond donors (Lipinski definition) is 0. The Balaban J connectivity index is 0.00000133. The fourth-order valence-electron chi connectivity index (χ4n) is 1.87. The van der Waals surface area contributed by atoms with E-state index in [1.165, 1.54) is 0 Å². The van der Waals surface area contributed by atoms with E-state index in [1.807, 2.05) is 90.0 Å². The van der Waals surface area contributed by atoms with Gasteiger partial charge in [0.15, 0.2) is 0 Å². The monoisotopic (exact) mass is 344 g/mol. The van der Waals surface area contributed by atoms with E-state index in [1.54, 1.807) is 0 Å². The van der Waals surface area contributed by atoms with Gasteiger partial charge in [-0.3, -0.25) is 0 Å². The van der Waals surface area contributed by atoms with Crippen molar-refractivity contribution in [3.8, 4) is 0 Å². The molecule has 5 nitrogen and oxygen atoms in total. The van der Waals surface area contributed by atoms with E-state index >= 15 is 0 Å². The molecule has 0 aromatic carbocycles. The molecule has 0 radical (unpaired) electrons. The molecule has 100 valence electrons. The summed E-state index contributed by atoms with van der Waals surface area (Å²) in [5.41, 5.74) is 0. The minimum atomic E-state index is 0. The minimum absolute atomic E-state index is 0. The Morgan fingerprint density at radius 3 is 1.68 bits per heavy atom. The van der Waals surface area contributed by atoms with Crippen molar-refractivity contribution >= 4 is 11.6 Å². The number of hydrogen-bond acceptors (Lipinski definition) is 5. The van der Waals surface area contributed by atoms with Crippen molar-refractivity contribution in [3.05, 3.63) is 56.3 Å². The molecule has 0 aliphatic carbocycles. The van der Waals surface area contributed by atoms with Crippen LogP contribution in [0.5, 0.6) is 0 Å². The van der Waals surface area contributed by atoms with Crippen LogP contribution in [0.1, 0.15) is 0 Å². The standard InChI is InChI=1S/C13H15N5.Rh/c1-15-6-8-17(10-15)12-4-3-5-13(14-12)18-9-7-16(2)11-18;/h3-11H,1-2H3;/q-2;+3. The summed E-state index contributed by atoms with van der Waals surface area (Å²) >= 11 is 0. The number of rotatable bonds is 2. The molecule has 0 saturated carbocycles. The van der Waals surface area contributed by atoms with Crippen LogP contribution in [0.3, 0.4) is 0 Å². The van der Waals surface area contributed by atoms with Crippen LogP contribution in [0.2, 0.25) is 0 Å². The summed E-state index contributed by atoms with van der Waals surface area (Å²) in [5.74, 6) is 1.81. The van der Waals surface area contributed by atoms with E-state index in [4.69, 9.17) is 0 Å². The van der Waals surface area contributed by atoms with Crippen LogP contribution >= 0.6 is 0 Å². The van der Waals surface area contributed by atoms with Crippen molar-refractivity contribution in [2.24, 2.45) is 0 Å². The molecule has 0 spiro atoms. The molecule has 0 bridgehead atoms. The molecular weight excluding hydrogens is 329 g/mol. The third kappa shape index (κ3) is 2.90. The van der Waals surface area contributed by atoms with Crippen molar-refractivity contribution in [1.82, 2.24) is 14.8 Å². The quantitative estimate of drug-likeness (QED) is 0.602. The molecule has 3 heterocycles. The number of pyridine rings is 1. The molecule has 0 amide bonds. The minimum Gasteiger partial charge on any atom is -0.510 e. The summed E-state index contributed by atoms with van der Waals surface area (Å²) in [6.07, 6.45) is 7.96. The zero-order valence-corrected chi connectivity index (χ0v) is 12.4. The molecule has 2 aliphatic rings. The molecule has 0 unspecified atom stereocenters. The van der Waals surface area contributed by atoms with Gasteiger partial charge in [-0.05, 0) is 51.0 Å². The average molecular weight is 344 g/mol. The summed E-state index contributed by atoms with van der Waals surface area (Å²) in [6.45, 7) is 3.98. The van der Waals surface area contributed by atoms with Gasteiger partial charge in [-0.1, -0.05) is 6.07 Å². The molecule has 0 saturated heterocycles. The van der Waals surface area contributed by atoms with Crippen molar-refractivity contribution in [3.63, 3.8) is 0 Å². The van der Waals surface area contributed by atoms with Gasteiger partial charge in [0.2, 0.25) is 0 Å². The van der Waals surface area contributed by atoms with Crippen molar-refractivity contribution in [2.45, 2.75) is 0 Å². The zero-order chi connectivity index (χ0) is 12.5. The van der Waals surface area contributed by atoms with Crippen LogP contribution in [0.4, 0.5) is 11.6 Å². The molecule has 19 heavy (non-hydrogen) atoms. The van der Waals surface area contributed by atoms with Crippen LogP contribution in [0, 0.1) is 13.3 Å². The molecule has 2 aliphatic heterocycles. The molecule has 0 N–H and O–H groups in total. The maximum atomic E-state index is 4.64. The van der Waals surface area contributed by atoms with Gasteiger partial charge in [0.1, 0.15) is 11.6 Å². The van der Waals surface area contributed by atoms with E-state index in [0.717, 1.165) is 11.6 Å². The first-order chi connectivity index (χ1) is 8.72. The van der Waals surface area contributed by atoms with E-state index < -0.39 is 0 Å². The van der Waals surface area contributed by atoms with Gasteiger partial charge >= 0.3 is 19.5 Å². The average Bonchev–Trinajstić information content (AvgIpc) is 2.98. The fraction of sp³-hybridized carbons (Fsp3) is 0.154. The van der Waals surface area contributed by atoms with Crippen LogP contribution in [0.25, 0.3) is 0 Å². The van der Waals surface area contributed by atoms with E-state index in [9.17, 15) is 0 Å². The first-order valence-corrected chi connectivity index (χ1v) is 5.77. The van der Waals surface area contributed by atoms with Crippen molar-refractivity contribution in [1.29, 1.82) is 0 Å². The smallest absolute Gasteiger partial charge is 0.510 e. The number of nitrogens with zero attached hydrogens (tertiary/aromatic N) is 5. The second-order valence-corrected chi connectivity index (χ2v) is 4.33. The van der Waals surface area contributed by atoms with Gasteiger partial charge in [-0.2, -0.15) is 0 Å². The normalized spacial score (nSPS) is 17.4. The first kappa shape index (κ1) is 13.9. The van der Waals surface area contributed by atoms with Gasteiger partial charge in [-0.15, -0.1) is 13.3 Å². The van der Waals surface area contributed by atoms with Gasteiger partial charge in [-0.25, -0.2) is 4.98 Å². The molecule has 0 fully saturated rings. The number of anilines is 2. The van der Waals surface area contributed by atoms with Gasteiger partial charge in [0, 0.05) is 0 Å². The van der Waals surface area contributed by atoms with Gasteiger partial charge < -0.3 is 19.6 Å². The Morgan fingerprint density at radius 1 is 0.842 bits per heavy atom. The summed E-state index contributed by atoms with van der Waals surface area (Å²) in [7, 11) is 3.98. The topological polar surface area (TPSA) is 25.9 Å². The van der Waals surface area contributed by atoms with Crippen LogP contribution in [-0.2, 0) is 19.5 Å². The molecule has 1 aromatic rings. The molecule has 3 rings (SSSR count). The van der Waals surface area contributed by atoms with Crippen LogP contribution in [-0.4, -0.2) is 28.9 Å². The van der Waals surface area contributed by atoms with Crippen molar-refractivity contribution < 1.29 is 19.5 Å². The summed E-state index contributed by atoms with van der Waals surface area (Å²) in [6, 6.07) is 6.00. The van der Waals surface area contributed by atoms with Gasteiger partial charge in [0.25, 0.3) is 0 Å². The Hall–Kier alpha value is -1.55. The predicted octanol–water partition coefficient (Wildman–Crippen LogP) is 1.76. The van der Waals surface area contributed by atoms with Crippen molar-refractivity contribution in [2.75, 3.05) is 23.9 Å². The zero-order valence-electron chi connectivity index (χ0n) is 10.8. The maximum absolute atomic E-state index is 4.64. The van der Waals surface area contributed by atoms with Crippen LogP contribution in [0.15, 0.2) is 43.0 Å².